The van der Waals surface area contributed by atoms with Crippen LogP contribution in [0.4, 0.5) is 17.6 Å². The molecule has 0 spiro atoms. The molecule has 1 aromatic carbocycles. The monoisotopic (exact) mass is 329 g/mol. The van der Waals surface area contributed by atoms with Crippen molar-refractivity contribution in [2.24, 2.45) is 5.73 Å². The minimum absolute atomic E-state index is 0.0822. The number of ether oxygens (including phenoxy) is 1. The molecule has 0 aliphatic carbocycles. The summed E-state index contributed by atoms with van der Waals surface area (Å²) < 4.78 is 54.4. The second-order valence-corrected chi connectivity index (χ2v) is 4.42. The summed E-state index contributed by atoms with van der Waals surface area (Å²) in [5.41, 5.74) is 5.94. The third kappa shape index (κ3) is 4.45. The van der Waals surface area contributed by atoms with E-state index in [0.717, 1.165) is 0 Å². The first kappa shape index (κ1) is 15.2. The highest BCUT2D eigenvalue weighted by atomic mass is 79.9. The third-order valence-corrected chi connectivity index (χ3v) is 3.07. The molecule has 1 aromatic rings. The zero-order chi connectivity index (χ0) is 13.8. The SMILES string of the molecule is NCc1ccc(OCCCC(F)(F)F)c(F)c1Br. The Kier molecular flexibility index (Phi) is 5.40. The molecule has 18 heavy (non-hydrogen) atoms. The Morgan fingerprint density at radius 1 is 1.28 bits per heavy atom. The zero-order valence-electron chi connectivity index (χ0n) is 9.36. The van der Waals surface area contributed by atoms with Crippen molar-refractivity contribution in [3.05, 3.63) is 28.0 Å². The molecule has 7 heteroatoms. The van der Waals surface area contributed by atoms with Crippen molar-refractivity contribution < 1.29 is 22.3 Å². The van der Waals surface area contributed by atoms with Gasteiger partial charge in [0.2, 0.25) is 0 Å². The Balaban J connectivity index is 2.56. The van der Waals surface area contributed by atoms with Gasteiger partial charge in [0.1, 0.15) is 0 Å². The van der Waals surface area contributed by atoms with Crippen molar-refractivity contribution in [1.29, 1.82) is 0 Å². The van der Waals surface area contributed by atoms with E-state index >= 15 is 0 Å². The maximum atomic E-state index is 13.7. The third-order valence-electron chi connectivity index (χ3n) is 2.21. The first-order valence-electron chi connectivity index (χ1n) is 5.21. The van der Waals surface area contributed by atoms with Crippen LogP contribution in [0.15, 0.2) is 16.6 Å². The van der Waals surface area contributed by atoms with Crippen LogP contribution in [0.5, 0.6) is 5.75 Å². The molecule has 0 atom stereocenters. The fourth-order valence-corrected chi connectivity index (χ4v) is 1.79. The second kappa shape index (κ2) is 6.38. The molecule has 0 fully saturated rings. The quantitative estimate of drug-likeness (QED) is 0.659. The highest BCUT2D eigenvalue weighted by Gasteiger charge is 2.26. The summed E-state index contributed by atoms with van der Waals surface area (Å²) in [7, 11) is 0. The largest absolute Gasteiger partial charge is 0.490 e. The van der Waals surface area contributed by atoms with Gasteiger partial charge >= 0.3 is 6.18 Å². The highest BCUT2D eigenvalue weighted by Crippen LogP contribution is 2.29. The van der Waals surface area contributed by atoms with Gasteiger partial charge in [0.15, 0.2) is 11.6 Å². The van der Waals surface area contributed by atoms with Crippen molar-refractivity contribution in [2.45, 2.75) is 25.6 Å². The molecule has 0 radical (unpaired) electrons. The molecular formula is C11H12BrF4NO. The molecule has 0 unspecified atom stereocenters. The van der Waals surface area contributed by atoms with Gasteiger partial charge in [-0.25, -0.2) is 4.39 Å². The summed E-state index contributed by atoms with van der Waals surface area (Å²) >= 11 is 3.02. The van der Waals surface area contributed by atoms with Crippen molar-refractivity contribution in [3.8, 4) is 5.75 Å². The van der Waals surface area contributed by atoms with E-state index in [2.05, 4.69) is 15.9 Å². The lowest BCUT2D eigenvalue weighted by Gasteiger charge is -2.11. The molecule has 0 saturated heterocycles. The number of hydrogen-bond acceptors (Lipinski definition) is 2. The summed E-state index contributed by atoms with van der Waals surface area (Å²) in [6.45, 7) is -0.0311. The minimum Gasteiger partial charge on any atom is -0.490 e. The van der Waals surface area contributed by atoms with Crippen LogP contribution in [0, 0.1) is 5.82 Å². The molecule has 0 heterocycles. The molecule has 2 N–H and O–H groups in total. The van der Waals surface area contributed by atoms with Gasteiger partial charge in [-0.3, -0.25) is 0 Å². The van der Waals surface area contributed by atoms with Gasteiger partial charge < -0.3 is 10.5 Å². The van der Waals surface area contributed by atoms with Crippen LogP contribution < -0.4 is 10.5 Å². The van der Waals surface area contributed by atoms with Gasteiger partial charge in [0, 0.05) is 13.0 Å². The average molecular weight is 330 g/mol. The maximum absolute atomic E-state index is 13.7. The number of nitrogens with two attached hydrogens (primary N) is 1. The van der Waals surface area contributed by atoms with E-state index in [1.54, 1.807) is 6.07 Å². The standard InChI is InChI=1S/C11H12BrF4NO/c12-9-7(6-17)2-3-8(10(9)13)18-5-1-4-11(14,15)16/h2-3H,1,4-6,17H2. The van der Waals surface area contributed by atoms with Gasteiger partial charge in [-0.2, -0.15) is 13.2 Å². The first-order valence-corrected chi connectivity index (χ1v) is 6.01. The van der Waals surface area contributed by atoms with Crippen LogP contribution in [0.25, 0.3) is 0 Å². The van der Waals surface area contributed by atoms with E-state index in [4.69, 9.17) is 10.5 Å². The Bertz CT molecular complexity index is 409. The number of benzene rings is 1. The fourth-order valence-electron chi connectivity index (χ4n) is 1.30. The summed E-state index contributed by atoms with van der Waals surface area (Å²) in [4.78, 5) is 0. The summed E-state index contributed by atoms with van der Waals surface area (Å²) in [5.74, 6) is -0.730. The molecule has 0 aromatic heterocycles. The van der Waals surface area contributed by atoms with Crippen molar-refractivity contribution >= 4 is 15.9 Å². The molecule has 0 aliphatic rings. The van der Waals surface area contributed by atoms with Crippen molar-refractivity contribution in [2.75, 3.05) is 6.61 Å². The van der Waals surface area contributed by atoms with Crippen LogP contribution in [-0.2, 0) is 6.54 Å². The predicted octanol–water partition coefficient (Wildman–Crippen LogP) is 3.77. The van der Waals surface area contributed by atoms with E-state index in [9.17, 15) is 17.6 Å². The maximum Gasteiger partial charge on any atom is 0.389 e. The van der Waals surface area contributed by atoms with Crippen molar-refractivity contribution in [3.63, 3.8) is 0 Å². The molecule has 0 amide bonds. The lowest BCUT2D eigenvalue weighted by molar-refractivity contribution is -0.136. The summed E-state index contributed by atoms with van der Waals surface area (Å²) in [6.07, 6.45) is -5.37. The first-order chi connectivity index (χ1) is 8.35. The number of rotatable bonds is 5. The van der Waals surface area contributed by atoms with E-state index in [0.29, 0.717) is 5.56 Å². The van der Waals surface area contributed by atoms with Gasteiger partial charge in [-0.05, 0) is 34.0 Å². The molecule has 0 saturated carbocycles. The predicted molar refractivity (Wildman–Crippen MR) is 62.8 cm³/mol. The molecule has 1 rings (SSSR count). The molecule has 0 aliphatic heterocycles. The Hall–Kier alpha value is -0.820. The van der Waals surface area contributed by atoms with Crippen LogP contribution in [0.2, 0.25) is 0 Å². The number of halogens is 5. The Morgan fingerprint density at radius 2 is 1.94 bits per heavy atom. The lowest BCUT2D eigenvalue weighted by Crippen LogP contribution is -2.10. The number of hydrogen-bond donors (Lipinski definition) is 1. The van der Waals surface area contributed by atoms with E-state index in [1.165, 1.54) is 6.07 Å². The lowest BCUT2D eigenvalue weighted by atomic mass is 10.2. The molecular weight excluding hydrogens is 318 g/mol. The van der Waals surface area contributed by atoms with Crippen LogP contribution in [0.3, 0.4) is 0 Å². The second-order valence-electron chi connectivity index (χ2n) is 3.62. The summed E-state index contributed by atoms with van der Waals surface area (Å²) in [5, 5.41) is 0. The number of alkyl halides is 3. The van der Waals surface area contributed by atoms with Gasteiger partial charge in [-0.15, -0.1) is 0 Å². The molecule has 2 nitrogen and oxygen atoms in total. The van der Waals surface area contributed by atoms with Gasteiger partial charge in [0.25, 0.3) is 0 Å². The minimum atomic E-state index is -4.22. The van der Waals surface area contributed by atoms with E-state index in [-0.39, 0.29) is 29.8 Å². The van der Waals surface area contributed by atoms with E-state index in [1.807, 2.05) is 0 Å². The Morgan fingerprint density at radius 3 is 2.50 bits per heavy atom. The van der Waals surface area contributed by atoms with E-state index < -0.39 is 18.4 Å². The van der Waals surface area contributed by atoms with Gasteiger partial charge in [0.05, 0.1) is 11.1 Å². The highest BCUT2D eigenvalue weighted by molar-refractivity contribution is 9.10. The van der Waals surface area contributed by atoms with Gasteiger partial charge in [-0.1, -0.05) is 6.07 Å². The van der Waals surface area contributed by atoms with Crippen LogP contribution >= 0.6 is 15.9 Å². The fraction of sp³-hybridized carbons (Fsp3) is 0.455. The van der Waals surface area contributed by atoms with Crippen LogP contribution in [-0.4, -0.2) is 12.8 Å². The van der Waals surface area contributed by atoms with Crippen molar-refractivity contribution in [1.82, 2.24) is 0 Å². The topological polar surface area (TPSA) is 35.2 Å². The normalized spacial score (nSPS) is 11.7. The zero-order valence-corrected chi connectivity index (χ0v) is 10.9. The Labute approximate surface area is 110 Å². The molecule has 102 valence electrons. The average Bonchev–Trinajstić information content (AvgIpc) is 2.28. The summed E-state index contributed by atoms with van der Waals surface area (Å²) in [6, 6.07) is 2.92. The molecule has 0 bridgehead atoms. The van der Waals surface area contributed by atoms with Crippen LogP contribution in [0.1, 0.15) is 18.4 Å². The smallest absolute Gasteiger partial charge is 0.389 e.